The molecule has 0 aromatic heterocycles. The van der Waals surface area contributed by atoms with Gasteiger partial charge in [0.2, 0.25) is 5.91 Å². The highest BCUT2D eigenvalue weighted by Crippen LogP contribution is 2.06. The molecule has 0 fully saturated rings. The van der Waals surface area contributed by atoms with Gasteiger partial charge in [-0.2, -0.15) is 0 Å². The predicted octanol–water partition coefficient (Wildman–Crippen LogP) is 1.04. The minimum absolute atomic E-state index is 0.0756. The molecule has 0 radical (unpaired) electrons. The van der Waals surface area contributed by atoms with Crippen LogP contribution in [0.15, 0.2) is 24.3 Å². The van der Waals surface area contributed by atoms with E-state index in [0.29, 0.717) is 25.2 Å². The van der Waals surface area contributed by atoms with Gasteiger partial charge >= 0.3 is 0 Å². The quantitative estimate of drug-likeness (QED) is 0.696. The molecule has 1 atom stereocenters. The summed E-state index contributed by atoms with van der Waals surface area (Å²) in [6, 6.07) is 7.25. The first kappa shape index (κ1) is 16.2. The van der Waals surface area contributed by atoms with Gasteiger partial charge in [-0.25, -0.2) is 0 Å². The molecule has 0 spiro atoms. The summed E-state index contributed by atoms with van der Waals surface area (Å²) in [5.74, 6) is -0.366. The van der Waals surface area contributed by atoms with E-state index in [1.165, 1.54) is 0 Å². The second kappa shape index (κ2) is 8.32. The normalized spacial score (nSPS) is 11.8. The van der Waals surface area contributed by atoms with Crippen LogP contribution < -0.4 is 16.4 Å². The summed E-state index contributed by atoms with van der Waals surface area (Å²) in [7, 11) is 0. The second-order valence-corrected chi connectivity index (χ2v) is 4.81. The van der Waals surface area contributed by atoms with Crippen molar-refractivity contribution in [2.24, 2.45) is 11.7 Å². The molecule has 0 aliphatic carbocycles. The van der Waals surface area contributed by atoms with Crippen LogP contribution in [0.4, 0.5) is 0 Å². The van der Waals surface area contributed by atoms with Gasteiger partial charge < -0.3 is 16.4 Å². The molecule has 1 aromatic rings. The lowest BCUT2D eigenvalue weighted by atomic mass is 10.1. The molecule has 0 aliphatic heterocycles. The summed E-state index contributed by atoms with van der Waals surface area (Å²) >= 11 is 0. The fraction of sp³-hybridized carbons (Fsp3) is 0.467. The number of rotatable bonds is 7. The molecule has 0 heterocycles. The number of benzene rings is 1. The highest BCUT2D eigenvalue weighted by molar-refractivity contribution is 5.94. The number of hydrogen-bond acceptors (Lipinski definition) is 3. The zero-order chi connectivity index (χ0) is 15.0. The Labute approximate surface area is 119 Å². The number of carbonyl (C=O) groups is 2. The van der Waals surface area contributed by atoms with Crippen LogP contribution in [0.5, 0.6) is 0 Å². The van der Waals surface area contributed by atoms with Crippen LogP contribution in [-0.2, 0) is 11.3 Å². The molecule has 1 rings (SSSR count). The molecule has 1 aromatic carbocycles. The van der Waals surface area contributed by atoms with Gasteiger partial charge in [-0.05, 0) is 24.1 Å². The molecule has 110 valence electrons. The number of amides is 2. The first-order valence-corrected chi connectivity index (χ1v) is 6.93. The van der Waals surface area contributed by atoms with Gasteiger partial charge in [0.05, 0.1) is 0 Å². The van der Waals surface area contributed by atoms with E-state index in [1.807, 2.05) is 19.1 Å². The maximum absolute atomic E-state index is 11.8. The standard InChI is InChI=1S/C15H23N3O2/c1-3-7-17-15(20)13-6-4-5-12(8-13)10-18-14(19)11(2)9-16/h4-6,8,11H,3,7,9-10,16H2,1-2H3,(H,17,20)(H,18,19). The van der Waals surface area contributed by atoms with Crippen molar-refractivity contribution in [1.29, 1.82) is 0 Å². The molecule has 0 aliphatic rings. The topological polar surface area (TPSA) is 84.2 Å². The molecule has 0 bridgehead atoms. The lowest BCUT2D eigenvalue weighted by Crippen LogP contribution is -2.32. The van der Waals surface area contributed by atoms with Crippen LogP contribution in [0.25, 0.3) is 0 Å². The molecule has 20 heavy (non-hydrogen) atoms. The van der Waals surface area contributed by atoms with Crippen molar-refractivity contribution in [2.45, 2.75) is 26.8 Å². The largest absolute Gasteiger partial charge is 0.352 e. The van der Waals surface area contributed by atoms with Gasteiger partial charge in [0.25, 0.3) is 5.91 Å². The lowest BCUT2D eigenvalue weighted by Gasteiger charge is -2.10. The number of carbonyl (C=O) groups excluding carboxylic acids is 2. The monoisotopic (exact) mass is 277 g/mol. The molecule has 4 N–H and O–H groups in total. The highest BCUT2D eigenvalue weighted by atomic mass is 16.2. The minimum Gasteiger partial charge on any atom is -0.352 e. The summed E-state index contributed by atoms with van der Waals surface area (Å²) in [6.07, 6.45) is 0.901. The highest BCUT2D eigenvalue weighted by Gasteiger charge is 2.10. The van der Waals surface area contributed by atoms with Crippen molar-refractivity contribution in [2.75, 3.05) is 13.1 Å². The van der Waals surface area contributed by atoms with Crippen molar-refractivity contribution in [1.82, 2.24) is 10.6 Å². The number of nitrogens with one attached hydrogen (secondary N) is 2. The Hall–Kier alpha value is -1.88. The van der Waals surface area contributed by atoms with Crippen LogP contribution >= 0.6 is 0 Å². The van der Waals surface area contributed by atoms with Crippen LogP contribution in [0.3, 0.4) is 0 Å². The maximum Gasteiger partial charge on any atom is 0.251 e. The van der Waals surface area contributed by atoms with Gasteiger partial charge in [0.15, 0.2) is 0 Å². The second-order valence-electron chi connectivity index (χ2n) is 4.81. The minimum atomic E-state index is -0.203. The Morgan fingerprint density at radius 1 is 1.30 bits per heavy atom. The Morgan fingerprint density at radius 2 is 2.05 bits per heavy atom. The van der Waals surface area contributed by atoms with E-state index in [0.717, 1.165) is 12.0 Å². The fourth-order valence-corrected chi connectivity index (χ4v) is 1.63. The van der Waals surface area contributed by atoms with E-state index in [4.69, 9.17) is 5.73 Å². The van der Waals surface area contributed by atoms with Crippen molar-refractivity contribution in [3.63, 3.8) is 0 Å². The Bertz CT molecular complexity index is 460. The van der Waals surface area contributed by atoms with E-state index < -0.39 is 0 Å². The third-order valence-corrected chi connectivity index (χ3v) is 2.99. The van der Waals surface area contributed by atoms with Crippen molar-refractivity contribution in [3.8, 4) is 0 Å². The third-order valence-electron chi connectivity index (χ3n) is 2.99. The van der Waals surface area contributed by atoms with E-state index >= 15 is 0 Å². The third kappa shape index (κ3) is 5.01. The maximum atomic E-state index is 11.8. The predicted molar refractivity (Wildman–Crippen MR) is 79.1 cm³/mol. The molecule has 2 amide bonds. The van der Waals surface area contributed by atoms with Gasteiger partial charge in [-0.3, -0.25) is 9.59 Å². The SMILES string of the molecule is CCCNC(=O)c1cccc(CNC(=O)C(C)CN)c1. The Morgan fingerprint density at radius 3 is 2.70 bits per heavy atom. The number of hydrogen-bond donors (Lipinski definition) is 3. The van der Waals surface area contributed by atoms with Crippen molar-refractivity contribution >= 4 is 11.8 Å². The van der Waals surface area contributed by atoms with Gasteiger partial charge in [0, 0.05) is 31.1 Å². The van der Waals surface area contributed by atoms with E-state index in [1.54, 1.807) is 19.1 Å². The lowest BCUT2D eigenvalue weighted by molar-refractivity contribution is -0.124. The van der Waals surface area contributed by atoms with Crippen molar-refractivity contribution < 1.29 is 9.59 Å². The Kier molecular flexibility index (Phi) is 6.73. The van der Waals surface area contributed by atoms with Gasteiger partial charge in [-0.15, -0.1) is 0 Å². The number of nitrogens with two attached hydrogens (primary N) is 1. The first-order valence-electron chi connectivity index (χ1n) is 6.93. The Balaban J connectivity index is 2.60. The zero-order valence-electron chi connectivity index (χ0n) is 12.1. The molecule has 5 nitrogen and oxygen atoms in total. The molecule has 0 saturated carbocycles. The molecular weight excluding hydrogens is 254 g/mol. The van der Waals surface area contributed by atoms with Crippen LogP contribution in [0.1, 0.15) is 36.2 Å². The molecule has 0 saturated heterocycles. The summed E-state index contributed by atoms with van der Waals surface area (Å²) < 4.78 is 0. The van der Waals surface area contributed by atoms with E-state index in [2.05, 4.69) is 10.6 Å². The average Bonchev–Trinajstić information content (AvgIpc) is 2.49. The van der Waals surface area contributed by atoms with E-state index in [-0.39, 0.29) is 17.7 Å². The van der Waals surface area contributed by atoms with Gasteiger partial charge in [0.1, 0.15) is 0 Å². The summed E-state index contributed by atoms with van der Waals surface area (Å²) in [4.78, 5) is 23.5. The smallest absolute Gasteiger partial charge is 0.251 e. The molecule has 1 unspecified atom stereocenters. The summed E-state index contributed by atoms with van der Waals surface area (Å²) in [6.45, 7) is 5.17. The average molecular weight is 277 g/mol. The molecule has 5 heteroatoms. The van der Waals surface area contributed by atoms with Crippen LogP contribution in [0.2, 0.25) is 0 Å². The molecular formula is C15H23N3O2. The first-order chi connectivity index (χ1) is 9.58. The van der Waals surface area contributed by atoms with Crippen molar-refractivity contribution in [3.05, 3.63) is 35.4 Å². The van der Waals surface area contributed by atoms with Gasteiger partial charge in [-0.1, -0.05) is 26.0 Å². The summed E-state index contributed by atoms with van der Waals surface area (Å²) in [5.41, 5.74) is 6.94. The fourth-order valence-electron chi connectivity index (χ4n) is 1.63. The summed E-state index contributed by atoms with van der Waals surface area (Å²) in [5, 5.41) is 5.63. The van der Waals surface area contributed by atoms with Crippen LogP contribution in [-0.4, -0.2) is 24.9 Å². The zero-order valence-corrected chi connectivity index (χ0v) is 12.1. The van der Waals surface area contributed by atoms with Crippen LogP contribution in [0, 0.1) is 5.92 Å². The van der Waals surface area contributed by atoms with E-state index in [9.17, 15) is 9.59 Å².